The van der Waals surface area contributed by atoms with E-state index in [4.69, 9.17) is 5.11 Å². The summed E-state index contributed by atoms with van der Waals surface area (Å²) in [5.41, 5.74) is 0.342. The molecule has 0 aromatic rings. The van der Waals surface area contributed by atoms with Gasteiger partial charge in [-0.3, -0.25) is 0 Å². The molecule has 0 atom stereocenters. The first kappa shape index (κ1) is 7.96. The molecule has 0 spiro atoms. The molecule has 0 fully saturated rings. The summed E-state index contributed by atoms with van der Waals surface area (Å²) in [5, 5.41) is 8.53. The van der Waals surface area contributed by atoms with Gasteiger partial charge < -0.3 is 5.11 Å². The molecule has 0 heterocycles. The minimum Gasteiger partial charge on any atom is -0.396 e. The number of rotatable bonds is 3. The van der Waals surface area contributed by atoms with Crippen LogP contribution >= 0.6 is 0 Å². The van der Waals surface area contributed by atoms with Crippen LogP contribution in [0.3, 0.4) is 0 Å². The van der Waals surface area contributed by atoms with E-state index in [0.29, 0.717) is 12.0 Å². The monoisotopic (exact) mass is 116 g/mol. The first-order valence-electron chi connectivity index (χ1n) is 3.23. The molecule has 8 heavy (non-hydrogen) atoms. The van der Waals surface area contributed by atoms with Crippen molar-refractivity contribution in [1.29, 1.82) is 0 Å². The van der Waals surface area contributed by atoms with Gasteiger partial charge in [0.1, 0.15) is 0 Å². The van der Waals surface area contributed by atoms with Gasteiger partial charge in [0.2, 0.25) is 0 Å². The predicted molar refractivity (Wildman–Crippen MR) is 35.8 cm³/mol. The maximum Gasteiger partial charge on any atom is 0.0436 e. The van der Waals surface area contributed by atoms with Crippen LogP contribution in [-0.4, -0.2) is 11.7 Å². The molecule has 0 aromatic heterocycles. The average Bonchev–Trinajstić information content (AvgIpc) is 1.67. The minimum absolute atomic E-state index is 0.320. The van der Waals surface area contributed by atoms with Gasteiger partial charge in [-0.05, 0) is 11.8 Å². The molecule has 0 bridgehead atoms. The Hall–Kier alpha value is -0.0400. The van der Waals surface area contributed by atoms with E-state index in [2.05, 4.69) is 20.8 Å². The molecule has 0 aliphatic carbocycles. The molecule has 0 radical (unpaired) electrons. The van der Waals surface area contributed by atoms with Crippen molar-refractivity contribution in [3.63, 3.8) is 0 Å². The highest BCUT2D eigenvalue weighted by Gasteiger charge is 2.12. The van der Waals surface area contributed by atoms with E-state index in [1.54, 1.807) is 0 Å². The fraction of sp³-hybridized carbons (Fsp3) is 1.00. The van der Waals surface area contributed by atoms with Crippen molar-refractivity contribution in [2.24, 2.45) is 5.41 Å². The van der Waals surface area contributed by atoms with Crippen molar-refractivity contribution in [2.45, 2.75) is 33.6 Å². The van der Waals surface area contributed by atoms with E-state index >= 15 is 0 Å². The van der Waals surface area contributed by atoms with Crippen LogP contribution < -0.4 is 0 Å². The lowest BCUT2D eigenvalue weighted by molar-refractivity contribution is 0.207. The van der Waals surface area contributed by atoms with Crippen LogP contribution in [0.15, 0.2) is 0 Å². The third kappa shape index (κ3) is 3.03. The molecule has 1 N–H and O–H groups in total. The van der Waals surface area contributed by atoms with Gasteiger partial charge in [0, 0.05) is 6.61 Å². The van der Waals surface area contributed by atoms with E-state index in [9.17, 15) is 0 Å². The van der Waals surface area contributed by atoms with Crippen molar-refractivity contribution in [1.82, 2.24) is 0 Å². The standard InChI is InChI=1S/C7H16O/c1-4-7(2,3)5-6-8/h8H,4-6H2,1-3H3. The summed E-state index contributed by atoms with van der Waals surface area (Å²) in [7, 11) is 0. The number of hydrogen-bond acceptors (Lipinski definition) is 1. The van der Waals surface area contributed by atoms with Crippen LogP contribution in [0.4, 0.5) is 0 Å². The van der Waals surface area contributed by atoms with Crippen molar-refractivity contribution in [2.75, 3.05) is 6.61 Å². The van der Waals surface area contributed by atoms with Gasteiger partial charge >= 0.3 is 0 Å². The maximum atomic E-state index is 8.53. The lowest BCUT2D eigenvalue weighted by Crippen LogP contribution is -2.10. The second-order valence-corrected chi connectivity index (χ2v) is 2.99. The van der Waals surface area contributed by atoms with Crippen LogP contribution in [0.2, 0.25) is 0 Å². The Morgan fingerprint density at radius 1 is 1.38 bits per heavy atom. The Morgan fingerprint density at radius 2 is 1.88 bits per heavy atom. The quantitative estimate of drug-likeness (QED) is 0.596. The molecular formula is C7H16O. The molecule has 0 saturated heterocycles. The van der Waals surface area contributed by atoms with Gasteiger partial charge in [-0.1, -0.05) is 27.2 Å². The molecule has 0 saturated carbocycles. The van der Waals surface area contributed by atoms with Crippen LogP contribution in [0.25, 0.3) is 0 Å². The van der Waals surface area contributed by atoms with Crippen LogP contribution in [-0.2, 0) is 0 Å². The Bertz CT molecular complexity index is 57.4. The third-order valence-electron chi connectivity index (χ3n) is 1.75. The van der Waals surface area contributed by atoms with Crippen molar-refractivity contribution in [3.05, 3.63) is 0 Å². The normalized spacial score (nSPS) is 12.0. The second-order valence-electron chi connectivity index (χ2n) is 2.99. The molecule has 0 aliphatic rings. The van der Waals surface area contributed by atoms with Gasteiger partial charge in [-0.2, -0.15) is 0 Å². The highest BCUT2D eigenvalue weighted by atomic mass is 16.3. The topological polar surface area (TPSA) is 20.2 Å². The van der Waals surface area contributed by atoms with E-state index in [1.807, 2.05) is 0 Å². The van der Waals surface area contributed by atoms with Crippen molar-refractivity contribution < 1.29 is 5.11 Å². The van der Waals surface area contributed by atoms with Gasteiger partial charge in [0.05, 0.1) is 0 Å². The second kappa shape index (κ2) is 3.08. The maximum absolute atomic E-state index is 8.53. The van der Waals surface area contributed by atoms with E-state index in [1.165, 1.54) is 0 Å². The number of hydrogen-bond donors (Lipinski definition) is 1. The molecule has 0 unspecified atom stereocenters. The average molecular weight is 116 g/mol. The lowest BCUT2D eigenvalue weighted by atomic mass is 9.87. The van der Waals surface area contributed by atoms with Gasteiger partial charge in [0.15, 0.2) is 0 Å². The molecule has 50 valence electrons. The summed E-state index contributed by atoms with van der Waals surface area (Å²) in [6, 6.07) is 0. The molecule has 0 amide bonds. The zero-order valence-corrected chi connectivity index (χ0v) is 6.07. The Labute approximate surface area is 51.7 Å². The van der Waals surface area contributed by atoms with Crippen LogP contribution in [0, 0.1) is 5.41 Å². The zero-order chi connectivity index (χ0) is 6.62. The summed E-state index contributed by atoms with van der Waals surface area (Å²) >= 11 is 0. The summed E-state index contributed by atoms with van der Waals surface area (Å²) < 4.78 is 0. The van der Waals surface area contributed by atoms with E-state index in [0.717, 1.165) is 12.8 Å². The smallest absolute Gasteiger partial charge is 0.0436 e. The van der Waals surface area contributed by atoms with E-state index < -0.39 is 0 Å². The van der Waals surface area contributed by atoms with Crippen LogP contribution in [0.5, 0.6) is 0 Å². The Balaban J connectivity index is 3.37. The fourth-order valence-electron chi connectivity index (χ4n) is 0.479. The summed E-state index contributed by atoms with van der Waals surface area (Å²) in [4.78, 5) is 0. The third-order valence-corrected chi connectivity index (χ3v) is 1.75. The first-order valence-corrected chi connectivity index (χ1v) is 3.23. The summed E-state index contributed by atoms with van der Waals surface area (Å²) in [6.07, 6.45) is 2.07. The molecule has 1 nitrogen and oxygen atoms in total. The fourth-order valence-corrected chi connectivity index (χ4v) is 0.479. The van der Waals surface area contributed by atoms with E-state index in [-0.39, 0.29) is 0 Å². The molecule has 0 aliphatic heterocycles. The number of aliphatic hydroxyl groups is 1. The highest BCUT2D eigenvalue weighted by Crippen LogP contribution is 2.22. The first-order chi connectivity index (χ1) is 3.62. The van der Waals surface area contributed by atoms with Crippen molar-refractivity contribution in [3.8, 4) is 0 Å². The zero-order valence-electron chi connectivity index (χ0n) is 6.07. The van der Waals surface area contributed by atoms with Crippen LogP contribution in [0.1, 0.15) is 33.6 Å². The molecule has 1 heteroatoms. The predicted octanol–water partition coefficient (Wildman–Crippen LogP) is 1.81. The highest BCUT2D eigenvalue weighted by molar-refractivity contribution is 4.64. The van der Waals surface area contributed by atoms with Gasteiger partial charge in [-0.15, -0.1) is 0 Å². The number of aliphatic hydroxyl groups excluding tert-OH is 1. The summed E-state index contributed by atoms with van der Waals surface area (Å²) in [6.45, 7) is 6.81. The van der Waals surface area contributed by atoms with Gasteiger partial charge in [0.25, 0.3) is 0 Å². The Kier molecular flexibility index (Phi) is 3.06. The molecule has 0 rings (SSSR count). The SMILES string of the molecule is CCC(C)(C)CCO. The largest absolute Gasteiger partial charge is 0.396 e. The van der Waals surface area contributed by atoms with Gasteiger partial charge in [-0.25, -0.2) is 0 Å². The summed E-state index contributed by atoms with van der Waals surface area (Å²) in [5.74, 6) is 0. The molecular weight excluding hydrogens is 100 g/mol. The lowest BCUT2D eigenvalue weighted by Gasteiger charge is -2.20. The van der Waals surface area contributed by atoms with Crippen molar-refractivity contribution >= 4 is 0 Å². The molecule has 0 aromatic carbocycles. The Morgan fingerprint density at radius 3 is 2.00 bits per heavy atom. The minimum atomic E-state index is 0.320.